The highest BCUT2D eigenvalue weighted by Crippen LogP contribution is 2.35. The number of ether oxygens (including phenoxy) is 1. The number of nitrogens with zero attached hydrogens (tertiary/aromatic N) is 2. The van der Waals surface area contributed by atoms with E-state index in [0.717, 1.165) is 51.7 Å². The largest absolute Gasteiger partial charge is 0.494 e. The van der Waals surface area contributed by atoms with Gasteiger partial charge in [-0.05, 0) is 49.6 Å². The van der Waals surface area contributed by atoms with Gasteiger partial charge in [-0.1, -0.05) is 18.2 Å². The molecule has 0 saturated heterocycles. The van der Waals surface area contributed by atoms with E-state index in [1.807, 2.05) is 48.7 Å². The minimum absolute atomic E-state index is 0.544. The van der Waals surface area contributed by atoms with Crippen LogP contribution in [0.25, 0.3) is 21.8 Å². The van der Waals surface area contributed by atoms with E-state index in [1.54, 1.807) is 11.3 Å². The number of aromatic nitrogens is 1. The molecule has 0 atom stereocenters. The summed E-state index contributed by atoms with van der Waals surface area (Å²) in [5.74, 6) is 0.839. The van der Waals surface area contributed by atoms with Gasteiger partial charge in [-0.15, -0.1) is 11.3 Å². The molecule has 0 bridgehead atoms. The summed E-state index contributed by atoms with van der Waals surface area (Å²) in [6.45, 7) is 3.14. The highest BCUT2D eigenvalue weighted by molar-refractivity contribution is 7.92. The van der Waals surface area contributed by atoms with Gasteiger partial charge in [0.05, 0.1) is 24.2 Å². The molecule has 0 radical (unpaired) electrons. The fourth-order valence-electron chi connectivity index (χ4n) is 3.49. The van der Waals surface area contributed by atoms with Crippen molar-refractivity contribution in [2.24, 2.45) is 0 Å². The lowest BCUT2D eigenvalue weighted by atomic mass is 10.00. The van der Waals surface area contributed by atoms with Crippen LogP contribution in [0.1, 0.15) is 18.9 Å². The van der Waals surface area contributed by atoms with E-state index in [1.165, 1.54) is 10.6 Å². The van der Waals surface area contributed by atoms with Crippen LogP contribution in [0.4, 0.5) is 5.69 Å². The molecule has 1 aliphatic heterocycles. The standard InChI is InChI=1S/C21H22N2O3S2/c1-3-26-18-8-4-6-17(13-18)21-22-19(14-27-21)15-9-10-20-16(12-15)7-5-11-23(20)28(2,24)25/h4,6,8-10,12-14H,3,5,7,11H2,1-2H3. The Labute approximate surface area is 169 Å². The smallest absolute Gasteiger partial charge is 0.232 e. The molecule has 3 aromatic rings. The molecule has 4 rings (SSSR count). The number of benzene rings is 2. The van der Waals surface area contributed by atoms with Gasteiger partial charge in [0.25, 0.3) is 0 Å². The Hall–Kier alpha value is -2.38. The lowest BCUT2D eigenvalue weighted by Crippen LogP contribution is -2.34. The molecule has 0 saturated carbocycles. The third-order valence-corrected chi connectivity index (χ3v) is 6.82. The molecule has 146 valence electrons. The van der Waals surface area contributed by atoms with Crippen LogP contribution in [-0.4, -0.2) is 32.8 Å². The summed E-state index contributed by atoms with van der Waals surface area (Å²) in [4.78, 5) is 4.80. The minimum Gasteiger partial charge on any atom is -0.494 e. The maximum Gasteiger partial charge on any atom is 0.232 e. The Bertz CT molecular complexity index is 1110. The van der Waals surface area contributed by atoms with Gasteiger partial charge in [0.1, 0.15) is 10.8 Å². The molecule has 28 heavy (non-hydrogen) atoms. The molecule has 0 fully saturated rings. The van der Waals surface area contributed by atoms with Crippen LogP contribution < -0.4 is 9.04 Å². The average molecular weight is 415 g/mol. The Balaban J connectivity index is 1.66. The van der Waals surface area contributed by atoms with Crippen molar-refractivity contribution in [3.05, 3.63) is 53.4 Å². The number of sulfonamides is 1. The number of fused-ring (bicyclic) bond motifs is 1. The zero-order valence-electron chi connectivity index (χ0n) is 15.9. The van der Waals surface area contributed by atoms with Crippen molar-refractivity contribution >= 4 is 27.0 Å². The predicted octanol–water partition coefficient (Wildman–Crippen LogP) is 4.59. The zero-order valence-corrected chi connectivity index (χ0v) is 17.5. The average Bonchev–Trinajstić information content (AvgIpc) is 3.17. The van der Waals surface area contributed by atoms with Crippen LogP contribution in [0.2, 0.25) is 0 Å². The molecule has 0 unspecified atom stereocenters. The molecule has 7 heteroatoms. The predicted molar refractivity (Wildman–Crippen MR) is 115 cm³/mol. The molecule has 0 amide bonds. The van der Waals surface area contributed by atoms with Gasteiger partial charge in [-0.25, -0.2) is 13.4 Å². The number of thiazole rings is 1. The number of aryl methyl sites for hydroxylation is 1. The molecular weight excluding hydrogens is 392 g/mol. The second kappa shape index (κ2) is 7.56. The van der Waals surface area contributed by atoms with E-state index in [-0.39, 0.29) is 0 Å². The van der Waals surface area contributed by atoms with Crippen molar-refractivity contribution in [1.29, 1.82) is 0 Å². The number of anilines is 1. The maximum atomic E-state index is 12.0. The second-order valence-corrected chi connectivity index (χ2v) is 9.55. The SMILES string of the molecule is CCOc1cccc(-c2nc(-c3ccc4c(c3)CCCN4S(C)(=O)=O)cs2)c1. The molecule has 2 heterocycles. The first-order valence-electron chi connectivity index (χ1n) is 9.25. The van der Waals surface area contributed by atoms with Crippen LogP contribution in [0.15, 0.2) is 47.8 Å². The molecule has 5 nitrogen and oxygen atoms in total. The molecule has 1 aliphatic rings. The highest BCUT2D eigenvalue weighted by atomic mass is 32.2. The van der Waals surface area contributed by atoms with E-state index in [9.17, 15) is 8.42 Å². The second-order valence-electron chi connectivity index (χ2n) is 6.78. The van der Waals surface area contributed by atoms with E-state index in [2.05, 4.69) is 6.07 Å². The fraction of sp³-hybridized carbons (Fsp3) is 0.286. The first-order chi connectivity index (χ1) is 13.5. The van der Waals surface area contributed by atoms with Crippen molar-refractivity contribution < 1.29 is 13.2 Å². The normalized spacial score (nSPS) is 14.0. The van der Waals surface area contributed by atoms with Gasteiger partial charge in [0.2, 0.25) is 10.0 Å². The Morgan fingerprint density at radius 1 is 1.18 bits per heavy atom. The highest BCUT2D eigenvalue weighted by Gasteiger charge is 2.24. The van der Waals surface area contributed by atoms with E-state index in [4.69, 9.17) is 9.72 Å². The number of rotatable bonds is 5. The fourth-order valence-corrected chi connectivity index (χ4v) is 5.31. The lowest BCUT2D eigenvalue weighted by molar-refractivity contribution is 0.340. The summed E-state index contributed by atoms with van der Waals surface area (Å²) in [7, 11) is -3.25. The minimum atomic E-state index is -3.25. The molecule has 0 N–H and O–H groups in total. The van der Waals surface area contributed by atoms with Gasteiger partial charge in [-0.2, -0.15) is 0 Å². The van der Waals surface area contributed by atoms with Crippen molar-refractivity contribution in [3.63, 3.8) is 0 Å². The van der Waals surface area contributed by atoms with Gasteiger partial charge >= 0.3 is 0 Å². The van der Waals surface area contributed by atoms with Crippen molar-refractivity contribution in [1.82, 2.24) is 4.98 Å². The molecule has 0 aliphatic carbocycles. The van der Waals surface area contributed by atoms with Crippen LogP contribution in [-0.2, 0) is 16.4 Å². The van der Waals surface area contributed by atoms with Crippen molar-refractivity contribution in [2.75, 3.05) is 23.7 Å². The summed E-state index contributed by atoms with van der Waals surface area (Å²) >= 11 is 1.59. The number of hydrogen-bond donors (Lipinski definition) is 0. The van der Waals surface area contributed by atoms with Crippen LogP contribution in [0, 0.1) is 0 Å². The Morgan fingerprint density at radius 3 is 2.82 bits per heavy atom. The van der Waals surface area contributed by atoms with E-state index < -0.39 is 10.0 Å². The first-order valence-corrected chi connectivity index (χ1v) is 12.0. The molecule has 1 aromatic heterocycles. The monoisotopic (exact) mass is 414 g/mol. The lowest BCUT2D eigenvalue weighted by Gasteiger charge is -2.29. The molecule has 2 aromatic carbocycles. The van der Waals surface area contributed by atoms with E-state index in [0.29, 0.717) is 13.2 Å². The van der Waals surface area contributed by atoms with Crippen LogP contribution in [0.3, 0.4) is 0 Å². The third-order valence-electron chi connectivity index (χ3n) is 4.75. The third kappa shape index (κ3) is 3.77. The van der Waals surface area contributed by atoms with Crippen LogP contribution >= 0.6 is 11.3 Å². The summed E-state index contributed by atoms with van der Waals surface area (Å²) < 4.78 is 31.2. The Kier molecular flexibility index (Phi) is 5.12. The maximum absolute atomic E-state index is 12.0. The quantitative estimate of drug-likeness (QED) is 0.613. The van der Waals surface area contributed by atoms with Crippen molar-refractivity contribution in [3.8, 4) is 27.6 Å². The first kappa shape index (κ1) is 19.0. The molecule has 0 spiro atoms. The number of hydrogen-bond acceptors (Lipinski definition) is 5. The summed E-state index contributed by atoms with van der Waals surface area (Å²) in [5, 5.41) is 2.98. The topological polar surface area (TPSA) is 59.5 Å². The van der Waals surface area contributed by atoms with Crippen molar-refractivity contribution in [2.45, 2.75) is 19.8 Å². The Morgan fingerprint density at radius 2 is 2.04 bits per heavy atom. The summed E-state index contributed by atoms with van der Waals surface area (Å²) in [6.07, 6.45) is 2.97. The molecular formula is C21H22N2O3S2. The summed E-state index contributed by atoms with van der Waals surface area (Å²) in [6, 6.07) is 13.9. The van der Waals surface area contributed by atoms with Gasteiger partial charge in [0.15, 0.2) is 0 Å². The zero-order chi connectivity index (χ0) is 19.7. The van der Waals surface area contributed by atoms with Crippen LogP contribution in [0.5, 0.6) is 5.75 Å². The summed E-state index contributed by atoms with van der Waals surface area (Å²) in [5.41, 5.74) is 4.79. The van der Waals surface area contributed by atoms with Gasteiger partial charge in [0, 0.05) is 23.1 Å². The van der Waals surface area contributed by atoms with E-state index >= 15 is 0 Å². The van der Waals surface area contributed by atoms with Gasteiger partial charge < -0.3 is 4.74 Å². The van der Waals surface area contributed by atoms with Gasteiger partial charge in [-0.3, -0.25) is 4.31 Å².